The standard InChI is InChI=1S/C35H43F2N9O2S/c1-23(8-13-45-14-9-24(10-15-45)25-5-7-30-32(18-25)44(3)43-33(30)39-2)31-19-29(6-4-26(31)20-38)49(47)46-16-11-27(12-17-46)42-35-40-21-28(22-41-35)48-34(36)37/h4-7,18-19,21-24,27,34H,8-17H2,1-3H3,(H,39,43)(H,40,41,42). The molecule has 0 amide bonds. The van der Waals surface area contributed by atoms with Gasteiger partial charge in [0.2, 0.25) is 5.95 Å². The Labute approximate surface area is 288 Å². The van der Waals surface area contributed by atoms with Crippen LogP contribution in [0.4, 0.5) is 20.5 Å². The van der Waals surface area contributed by atoms with E-state index in [0.29, 0.717) is 35.4 Å². The zero-order chi connectivity index (χ0) is 34.5. The first-order chi connectivity index (χ1) is 23.7. The maximum atomic E-state index is 13.6. The van der Waals surface area contributed by atoms with Gasteiger partial charge in [0.25, 0.3) is 0 Å². The summed E-state index contributed by atoms with van der Waals surface area (Å²) in [7, 11) is 2.53. The lowest BCUT2D eigenvalue weighted by Gasteiger charge is -2.33. The number of piperidine rings is 2. The largest absolute Gasteiger partial charge is 0.432 e. The Morgan fingerprint density at radius 2 is 1.80 bits per heavy atom. The van der Waals surface area contributed by atoms with Gasteiger partial charge in [-0.25, -0.2) is 18.5 Å². The van der Waals surface area contributed by atoms with Gasteiger partial charge in [-0.05, 0) is 105 Å². The lowest BCUT2D eigenvalue weighted by Crippen LogP contribution is -2.40. The summed E-state index contributed by atoms with van der Waals surface area (Å²) in [5, 5.41) is 22.0. The minimum absolute atomic E-state index is 0.0630. The number of ether oxygens (including phenoxy) is 1. The molecule has 2 fully saturated rings. The minimum atomic E-state index is -2.93. The molecule has 2 atom stereocenters. The summed E-state index contributed by atoms with van der Waals surface area (Å²) in [6.45, 7) is 3.45. The number of anilines is 2. The van der Waals surface area contributed by atoms with Crippen LogP contribution >= 0.6 is 0 Å². The lowest BCUT2D eigenvalue weighted by molar-refractivity contribution is -0.0503. The number of nitrogens with one attached hydrogen (secondary N) is 2. The van der Waals surface area contributed by atoms with Crippen molar-refractivity contribution in [2.45, 2.75) is 68.4 Å². The first kappa shape index (κ1) is 34.7. The van der Waals surface area contributed by atoms with Gasteiger partial charge < -0.3 is 20.3 Å². The Morgan fingerprint density at radius 3 is 2.47 bits per heavy atom. The third-order valence-electron chi connectivity index (χ3n) is 9.80. The number of benzene rings is 2. The topological polar surface area (TPSA) is 124 Å². The van der Waals surface area contributed by atoms with Crippen molar-refractivity contribution in [3.8, 4) is 11.8 Å². The van der Waals surface area contributed by atoms with Gasteiger partial charge in [0.1, 0.15) is 11.0 Å². The summed E-state index contributed by atoms with van der Waals surface area (Å²) in [6, 6.07) is 14.7. The van der Waals surface area contributed by atoms with E-state index in [1.165, 1.54) is 18.0 Å². The van der Waals surface area contributed by atoms with Gasteiger partial charge in [-0.3, -0.25) is 4.68 Å². The second kappa shape index (κ2) is 15.6. The Hall–Kier alpha value is -4.19. The summed E-state index contributed by atoms with van der Waals surface area (Å²) in [4.78, 5) is 11.3. The molecular formula is C35H43F2N9O2S. The lowest BCUT2D eigenvalue weighted by atomic mass is 9.88. The Morgan fingerprint density at radius 1 is 1.06 bits per heavy atom. The number of likely N-dealkylation sites (tertiary alicyclic amines) is 1. The molecule has 0 radical (unpaired) electrons. The van der Waals surface area contributed by atoms with Gasteiger partial charge in [0.05, 0.1) is 34.4 Å². The van der Waals surface area contributed by atoms with Crippen molar-refractivity contribution >= 4 is 33.7 Å². The third kappa shape index (κ3) is 8.17. The number of nitrogens with zero attached hydrogens (tertiary/aromatic N) is 7. The average Bonchev–Trinajstić information content (AvgIpc) is 3.45. The highest BCUT2D eigenvalue weighted by atomic mass is 32.2. The fraction of sp³-hybridized carbons (Fsp3) is 0.486. The van der Waals surface area contributed by atoms with Crippen molar-refractivity contribution in [3.63, 3.8) is 0 Å². The number of rotatable bonds is 12. The van der Waals surface area contributed by atoms with Crippen LogP contribution < -0.4 is 15.4 Å². The van der Waals surface area contributed by atoms with E-state index in [2.05, 4.69) is 66.5 Å². The summed E-state index contributed by atoms with van der Waals surface area (Å²) in [5.74, 6) is 1.82. The minimum Gasteiger partial charge on any atom is -0.432 e. The Balaban J connectivity index is 0.997. The van der Waals surface area contributed by atoms with Crippen LogP contribution in [0.1, 0.15) is 67.6 Å². The van der Waals surface area contributed by atoms with Gasteiger partial charge in [-0.2, -0.15) is 19.1 Å². The summed E-state index contributed by atoms with van der Waals surface area (Å²) in [6.07, 6.45) is 6.99. The first-order valence-electron chi connectivity index (χ1n) is 16.8. The number of halogens is 2. The number of nitriles is 1. The van der Waals surface area contributed by atoms with Gasteiger partial charge >= 0.3 is 6.61 Å². The molecule has 4 aromatic rings. The summed E-state index contributed by atoms with van der Waals surface area (Å²) in [5.41, 5.74) is 4.10. The van der Waals surface area contributed by atoms with Gasteiger partial charge in [-0.1, -0.05) is 13.0 Å². The number of aromatic nitrogens is 4. The molecule has 14 heteroatoms. The Bertz CT molecular complexity index is 1800. The fourth-order valence-corrected chi connectivity index (χ4v) is 8.20. The fourth-order valence-electron chi connectivity index (χ4n) is 6.95. The van der Waals surface area contributed by atoms with Crippen molar-refractivity contribution in [3.05, 3.63) is 65.5 Å². The number of alkyl halides is 2. The molecule has 11 nitrogen and oxygen atoms in total. The molecular weight excluding hydrogens is 649 g/mol. The monoisotopic (exact) mass is 691 g/mol. The van der Waals surface area contributed by atoms with Crippen molar-refractivity contribution < 1.29 is 17.7 Å². The van der Waals surface area contributed by atoms with E-state index in [4.69, 9.17) is 0 Å². The van der Waals surface area contributed by atoms with E-state index in [-0.39, 0.29) is 17.7 Å². The van der Waals surface area contributed by atoms with Crippen molar-refractivity contribution in [1.82, 2.24) is 29.0 Å². The van der Waals surface area contributed by atoms with Crippen molar-refractivity contribution in [1.29, 1.82) is 5.26 Å². The SMILES string of the molecule is CNc1nn(C)c2cc(C3CCN(CCC(C)c4cc(S(=O)N5CCC(Nc6ncc(OC(F)F)cn6)CC5)ccc4C#N)CC3)ccc12. The van der Waals surface area contributed by atoms with Gasteiger partial charge in [0.15, 0.2) is 11.6 Å². The predicted octanol–water partition coefficient (Wildman–Crippen LogP) is 5.85. The number of aryl methyl sites for hydroxylation is 1. The molecule has 260 valence electrons. The molecule has 0 saturated carbocycles. The molecule has 0 spiro atoms. The highest BCUT2D eigenvalue weighted by molar-refractivity contribution is 7.82. The van der Waals surface area contributed by atoms with E-state index in [9.17, 15) is 18.3 Å². The molecule has 2 unspecified atom stereocenters. The van der Waals surface area contributed by atoms with Crippen LogP contribution in [0, 0.1) is 11.3 Å². The van der Waals surface area contributed by atoms with E-state index in [0.717, 1.165) is 74.0 Å². The van der Waals surface area contributed by atoms with E-state index in [1.807, 2.05) is 29.1 Å². The van der Waals surface area contributed by atoms with Crippen LogP contribution in [-0.2, 0) is 18.0 Å². The van der Waals surface area contributed by atoms with Gasteiger partial charge in [0, 0.05) is 38.6 Å². The molecule has 49 heavy (non-hydrogen) atoms. The van der Waals surface area contributed by atoms with E-state index >= 15 is 0 Å². The van der Waals surface area contributed by atoms with Crippen LogP contribution in [0.2, 0.25) is 0 Å². The molecule has 2 aromatic carbocycles. The Kier molecular flexibility index (Phi) is 11.0. The molecule has 0 aliphatic carbocycles. The van der Waals surface area contributed by atoms with E-state index < -0.39 is 17.6 Å². The molecule has 2 N–H and O–H groups in total. The van der Waals surface area contributed by atoms with Crippen LogP contribution in [0.25, 0.3) is 10.9 Å². The van der Waals surface area contributed by atoms with Crippen LogP contribution in [0.15, 0.2) is 53.7 Å². The zero-order valence-corrected chi connectivity index (χ0v) is 28.9. The number of hydrogen-bond acceptors (Lipinski definition) is 9. The van der Waals surface area contributed by atoms with Crippen molar-refractivity contribution in [2.75, 3.05) is 50.4 Å². The summed E-state index contributed by atoms with van der Waals surface area (Å²) < 4.78 is 46.6. The van der Waals surface area contributed by atoms with Crippen LogP contribution in [0.3, 0.4) is 0 Å². The molecule has 2 saturated heterocycles. The second-order valence-electron chi connectivity index (χ2n) is 12.9. The molecule has 4 heterocycles. The average molecular weight is 692 g/mol. The van der Waals surface area contributed by atoms with Crippen LogP contribution in [-0.4, -0.2) is 85.6 Å². The molecule has 6 rings (SSSR count). The smallest absolute Gasteiger partial charge is 0.387 e. The quantitative estimate of drug-likeness (QED) is 0.188. The number of hydrogen-bond donors (Lipinski definition) is 2. The molecule has 0 bridgehead atoms. The normalized spacial score (nSPS) is 18.0. The van der Waals surface area contributed by atoms with Crippen molar-refractivity contribution in [2.24, 2.45) is 7.05 Å². The zero-order valence-electron chi connectivity index (χ0n) is 28.1. The van der Waals surface area contributed by atoms with Crippen LogP contribution in [0.5, 0.6) is 5.75 Å². The number of fused-ring (bicyclic) bond motifs is 1. The van der Waals surface area contributed by atoms with Gasteiger partial charge in [-0.15, -0.1) is 0 Å². The summed E-state index contributed by atoms with van der Waals surface area (Å²) >= 11 is 0. The third-order valence-corrected chi connectivity index (χ3v) is 11.3. The first-order valence-corrected chi connectivity index (χ1v) is 17.9. The molecule has 2 aromatic heterocycles. The second-order valence-corrected chi connectivity index (χ2v) is 14.4. The molecule has 2 aliphatic heterocycles. The predicted molar refractivity (Wildman–Crippen MR) is 186 cm³/mol. The maximum Gasteiger partial charge on any atom is 0.387 e. The highest BCUT2D eigenvalue weighted by Crippen LogP contribution is 2.33. The maximum absolute atomic E-state index is 13.6. The molecule has 2 aliphatic rings. The van der Waals surface area contributed by atoms with E-state index in [1.54, 1.807) is 12.1 Å². The highest BCUT2D eigenvalue weighted by Gasteiger charge is 2.26.